The summed E-state index contributed by atoms with van der Waals surface area (Å²) in [6.07, 6.45) is 4.23. The van der Waals surface area contributed by atoms with Gasteiger partial charge in [0.05, 0.1) is 30.5 Å². The first-order valence-electron chi connectivity index (χ1n) is 7.38. The molecule has 0 unspecified atom stereocenters. The van der Waals surface area contributed by atoms with Crippen LogP contribution in [0.5, 0.6) is 0 Å². The van der Waals surface area contributed by atoms with Gasteiger partial charge >= 0.3 is 0 Å². The van der Waals surface area contributed by atoms with Gasteiger partial charge in [-0.15, -0.1) is 0 Å². The first-order chi connectivity index (χ1) is 11.8. The van der Waals surface area contributed by atoms with Gasteiger partial charge in [0.15, 0.2) is 18.0 Å². The quantitative estimate of drug-likeness (QED) is 0.608. The average molecular weight is 321 g/mol. The molecule has 118 valence electrons. The molecule has 0 fully saturated rings. The summed E-state index contributed by atoms with van der Waals surface area (Å²) in [6.45, 7) is 0.373. The Morgan fingerprint density at radius 3 is 3.08 bits per heavy atom. The highest BCUT2D eigenvalue weighted by atomic mass is 16.4. The van der Waals surface area contributed by atoms with E-state index in [0.29, 0.717) is 18.0 Å². The third-order valence-electron chi connectivity index (χ3n) is 4.10. The van der Waals surface area contributed by atoms with E-state index in [9.17, 15) is 4.79 Å². The van der Waals surface area contributed by atoms with Crippen LogP contribution in [0.3, 0.4) is 0 Å². The number of carbonyl (C=O) groups is 1. The summed E-state index contributed by atoms with van der Waals surface area (Å²) >= 11 is 0. The van der Waals surface area contributed by atoms with Crippen molar-refractivity contribution in [3.05, 3.63) is 66.2 Å². The van der Waals surface area contributed by atoms with Gasteiger partial charge < -0.3 is 18.7 Å². The molecule has 1 aliphatic heterocycles. The molecule has 1 aromatic carbocycles. The van der Waals surface area contributed by atoms with Crippen molar-refractivity contribution in [3.63, 3.8) is 0 Å². The zero-order valence-electron chi connectivity index (χ0n) is 12.3. The molecule has 1 N–H and O–H groups in total. The van der Waals surface area contributed by atoms with Crippen molar-refractivity contribution in [2.24, 2.45) is 0 Å². The molecule has 4 aromatic rings. The number of oxazole rings is 2. The summed E-state index contributed by atoms with van der Waals surface area (Å²) in [7, 11) is 0. The molecule has 0 aliphatic carbocycles. The van der Waals surface area contributed by atoms with Crippen molar-refractivity contribution in [2.45, 2.75) is 12.6 Å². The number of rotatable bonds is 2. The summed E-state index contributed by atoms with van der Waals surface area (Å²) in [4.78, 5) is 30.1. The van der Waals surface area contributed by atoms with Crippen molar-refractivity contribution in [3.8, 4) is 0 Å². The van der Waals surface area contributed by atoms with Crippen LogP contribution in [-0.4, -0.2) is 30.7 Å². The van der Waals surface area contributed by atoms with Crippen molar-refractivity contribution >= 4 is 17.0 Å². The van der Waals surface area contributed by atoms with E-state index >= 15 is 0 Å². The number of nitrogens with zero attached hydrogens (tertiary/aromatic N) is 4. The Labute approximate surface area is 135 Å². The van der Waals surface area contributed by atoms with Gasteiger partial charge in [-0.05, 0) is 12.1 Å². The zero-order chi connectivity index (χ0) is 16.1. The standard InChI is InChI=1S/C16H11N5O3/c22-16(12-5-17-8-23-12)21-6-10-13(19-7-18-10)14(21)15-20-9-3-1-2-4-11(9)24-15/h1-5,7-8,14H,6H2,(H,18,19)/t14-/m1/s1. The Bertz CT molecular complexity index is 1000. The highest BCUT2D eigenvalue weighted by Gasteiger charge is 2.41. The fourth-order valence-corrected chi connectivity index (χ4v) is 3.01. The van der Waals surface area contributed by atoms with Crippen LogP contribution in [0.15, 0.2) is 52.0 Å². The maximum atomic E-state index is 12.8. The molecule has 5 rings (SSSR count). The molecule has 1 atom stereocenters. The van der Waals surface area contributed by atoms with Crippen LogP contribution < -0.4 is 0 Å². The molecule has 0 spiro atoms. The van der Waals surface area contributed by atoms with E-state index in [1.165, 1.54) is 12.6 Å². The third kappa shape index (κ3) is 1.79. The Morgan fingerprint density at radius 1 is 1.33 bits per heavy atom. The number of hydrogen-bond acceptors (Lipinski definition) is 6. The van der Waals surface area contributed by atoms with E-state index in [-0.39, 0.29) is 11.7 Å². The minimum atomic E-state index is -0.503. The molecule has 0 saturated carbocycles. The van der Waals surface area contributed by atoms with Crippen LogP contribution in [0.2, 0.25) is 0 Å². The Morgan fingerprint density at radius 2 is 2.25 bits per heavy atom. The lowest BCUT2D eigenvalue weighted by Gasteiger charge is -2.20. The summed E-state index contributed by atoms with van der Waals surface area (Å²) in [5.41, 5.74) is 3.00. The van der Waals surface area contributed by atoms with Gasteiger partial charge in [0.25, 0.3) is 5.91 Å². The summed E-state index contributed by atoms with van der Waals surface area (Å²) in [5, 5.41) is 0. The van der Waals surface area contributed by atoms with Gasteiger partial charge in [-0.2, -0.15) is 0 Å². The molecular formula is C16H11N5O3. The molecule has 8 nitrogen and oxygen atoms in total. The summed E-state index contributed by atoms with van der Waals surface area (Å²) < 4.78 is 11.0. The number of imidazole rings is 1. The first kappa shape index (κ1) is 13.1. The van der Waals surface area contributed by atoms with E-state index in [1.54, 1.807) is 11.2 Å². The molecule has 0 saturated heterocycles. The normalized spacial score (nSPS) is 16.7. The largest absolute Gasteiger partial charge is 0.438 e. The Hall–Kier alpha value is -3.42. The molecule has 0 radical (unpaired) electrons. The molecule has 4 heterocycles. The molecule has 8 heteroatoms. The Kier molecular flexibility index (Phi) is 2.60. The highest BCUT2D eigenvalue weighted by Crippen LogP contribution is 2.38. The lowest BCUT2D eigenvalue weighted by atomic mass is 10.2. The second-order valence-corrected chi connectivity index (χ2v) is 5.49. The summed E-state index contributed by atoms with van der Waals surface area (Å²) in [5.74, 6) is 0.308. The number of H-pyrrole nitrogens is 1. The van der Waals surface area contributed by atoms with Gasteiger partial charge in [0.2, 0.25) is 11.7 Å². The van der Waals surface area contributed by atoms with Gasteiger partial charge in [-0.1, -0.05) is 12.1 Å². The number of aromatic amines is 1. The van der Waals surface area contributed by atoms with Crippen molar-refractivity contribution in [1.29, 1.82) is 0 Å². The number of benzene rings is 1. The third-order valence-corrected chi connectivity index (χ3v) is 4.10. The molecule has 0 bridgehead atoms. The van der Waals surface area contributed by atoms with Crippen molar-refractivity contribution in [1.82, 2.24) is 24.8 Å². The number of hydrogen-bond donors (Lipinski definition) is 1. The SMILES string of the molecule is O=C(c1cnco1)N1Cc2[nH]cnc2[C@@H]1c1nc2ccccc2o1. The maximum Gasteiger partial charge on any atom is 0.292 e. The van der Waals surface area contributed by atoms with Gasteiger partial charge in [0, 0.05) is 0 Å². The van der Waals surface area contributed by atoms with Crippen LogP contribution in [0.1, 0.15) is 33.9 Å². The lowest BCUT2D eigenvalue weighted by molar-refractivity contribution is 0.0664. The number of fused-ring (bicyclic) bond motifs is 2. The second kappa shape index (κ2) is 4.79. The molecule has 3 aromatic heterocycles. The fourth-order valence-electron chi connectivity index (χ4n) is 3.01. The lowest BCUT2D eigenvalue weighted by Crippen LogP contribution is -2.30. The van der Waals surface area contributed by atoms with Gasteiger partial charge in [-0.3, -0.25) is 4.79 Å². The molecule has 24 heavy (non-hydrogen) atoms. The first-order valence-corrected chi connectivity index (χ1v) is 7.38. The van der Waals surface area contributed by atoms with E-state index in [1.807, 2.05) is 24.3 Å². The molecule has 1 aliphatic rings. The molecule has 1 amide bonds. The van der Waals surface area contributed by atoms with Gasteiger partial charge in [0.1, 0.15) is 5.52 Å². The van der Waals surface area contributed by atoms with Crippen LogP contribution in [-0.2, 0) is 6.54 Å². The van der Waals surface area contributed by atoms with E-state index < -0.39 is 6.04 Å². The second-order valence-electron chi connectivity index (χ2n) is 5.49. The van der Waals surface area contributed by atoms with E-state index in [0.717, 1.165) is 16.9 Å². The number of aromatic nitrogens is 4. The topological polar surface area (TPSA) is 101 Å². The fraction of sp³-hybridized carbons (Fsp3) is 0.125. The monoisotopic (exact) mass is 321 g/mol. The smallest absolute Gasteiger partial charge is 0.292 e. The highest BCUT2D eigenvalue weighted by molar-refractivity contribution is 5.92. The number of amides is 1. The van der Waals surface area contributed by atoms with Crippen LogP contribution >= 0.6 is 0 Å². The van der Waals surface area contributed by atoms with E-state index in [4.69, 9.17) is 8.83 Å². The van der Waals surface area contributed by atoms with Crippen LogP contribution in [0.4, 0.5) is 0 Å². The average Bonchev–Trinajstić information content (AvgIpc) is 3.34. The molecular weight excluding hydrogens is 310 g/mol. The zero-order valence-corrected chi connectivity index (χ0v) is 12.3. The Balaban J connectivity index is 1.63. The minimum absolute atomic E-state index is 0.168. The maximum absolute atomic E-state index is 12.8. The minimum Gasteiger partial charge on any atom is -0.438 e. The predicted molar refractivity (Wildman–Crippen MR) is 80.8 cm³/mol. The predicted octanol–water partition coefficient (Wildman–Crippen LogP) is 2.28. The summed E-state index contributed by atoms with van der Waals surface area (Å²) in [6, 6.07) is 6.97. The van der Waals surface area contributed by atoms with E-state index in [2.05, 4.69) is 19.9 Å². The van der Waals surface area contributed by atoms with Crippen molar-refractivity contribution in [2.75, 3.05) is 0 Å². The van der Waals surface area contributed by atoms with Crippen molar-refractivity contribution < 1.29 is 13.6 Å². The van der Waals surface area contributed by atoms with Crippen LogP contribution in [0, 0.1) is 0 Å². The number of para-hydroxylation sites is 2. The number of carbonyl (C=O) groups excluding carboxylic acids is 1. The van der Waals surface area contributed by atoms with Crippen LogP contribution in [0.25, 0.3) is 11.1 Å². The number of nitrogens with one attached hydrogen (secondary N) is 1. The van der Waals surface area contributed by atoms with Gasteiger partial charge in [-0.25, -0.2) is 15.0 Å².